The van der Waals surface area contributed by atoms with Crippen molar-refractivity contribution in [3.05, 3.63) is 35.9 Å². The fourth-order valence-corrected chi connectivity index (χ4v) is 2.48. The van der Waals surface area contributed by atoms with Crippen LogP contribution in [0.15, 0.2) is 30.3 Å². The number of benzene rings is 1. The molecule has 0 fully saturated rings. The molecule has 0 atom stereocenters. The van der Waals surface area contributed by atoms with Crippen molar-refractivity contribution < 1.29 is 4.39 Å². The van der Waals surface area contributed by atoms with Gasteiger partial charge in [0.25, 0.3) is 0 Å². The Hall–Kier alpha value is 0.150. The van der Waals surface area contributed by atoms with Crippen LogP contribution >= 0.6 is 0 Å². The SMILES string of the molecule is FCCCCCCCCCCCCc1ccccc1.[Na]. The van der Waals surface area contributed by atoms with Gasteiger partial charge in [0.1, 0.15) is 0 Å². The van der Waals surface area contributed by atoms with Crippen LogP contribution in [0.1, 0.15) is 69.8 Å². The van der Waals surface area contributed by atoms with Crippen LogP contribution in [0.4, 0.5) is 4.39 Å². The largest absolute Gasteiger partial charge is 0.251 e. The molecule has 0 aliphatic carbocycles. The van der Waals surface area contributed by atoms with Crippen molar-refractivity contribution in [3.8, 4) is 0 Å². The molecular weight excluding hydrogens is 258 g/mol. The Kier molecular flexibility index (Phi) is 15.7. The molecule has 0 aliphatic rings. The van der Waals surface area contributed by atoms with Gasteiger partial charge in [-0.2, -0.15) is 0 Å². The third-order valence-corrected chi connectivity index (χ3v) is 3.69. The summed E-state index contributed by atoms with van der Waals surface area (Å²) in [5.41, 5.74) is 1.47. The number of unbranched alkanes of at least 4 members (excludes halogenated alkanes) is 9. The molecule has 1 radical (unpaired) electrons. The summed E-state index contributed by atoms with van der Waals surface area (Å²) >= 11 is 0. The van der Waals surface area contributed by atoms with E-state index in [0.29, 0.717) is 0 Å². The Morgan fingerprint density at radius 3 is 1.55 bits per heavy atom. The number of hydrogen-bond acceptors (Lipinski definition) is 0. The van der Waals surface area contributed by atoms with Crippen LogP contribution in [-0.4, -0.2) is 36.2 Å². The molecule has 0 spiro atoms. The molecule has 0 heterocycles. The first kappa shape index (κ1) is 20.1. The van der Waals surface area contributed by atoms with Crippen LogP contribution in [0.3, 0.4) is 0 Å². The van der Waals surface area contributed by atoms with Gasteiger partial charge in [-0.3, -0.25) is 4.39 Å². The van der Waals surface area contributed by atoms with E-state index in [2.05, 4.69) is 30.3 Å². The van der Waals surface area contributed by atoms with E-state index in [1.807, 2.05) is 0 Å². The topological polar surface area (TPSA) is 0 Å². The molecule has 0 aliphatic heterocycles. The van der Waals surface area contributed by atoms with Gasteiger partial charge in [-0.1, -0.05) is 81.7 Å². The summed E-state index contributed by atoms with van der Waals surface area (Å²) in [6.45, 7) is -0.137. The van der Waals surface area contributed by atoms with Crippen molar-refractivity contribution >= 4 is 29.6 Å². The minimum absolute atomic E-state index is 0. The van der Waals surface area contributed by atoms with Crippen molar-refractivity contribution in [2.24, 2.45) is 0 Å². The number of alkyl halides is 1. The van der Waals surface area contributed by atoms with E-state index >= 15 is 0 Å². The summed E-state index contributed by atoms with van der Waals surface area (Å²) in [7, 11) is 0. The van der Waals surface area contributed by atoms with E-state index in [-0.39, 0.29) is 36.2 Å². The van der Waals surface area contributed by atoms with Gasteiger partial charge in [-0.25, -0.2) is 0 Å². The average molecular weight is 287 g/mol. The van der Waals surface area contributed by atoms with E-state index in [0.717, 1.165) is 12.8 Å². The normalized spacial score (nSPS) is 10.2. The van der Waals surface area contributed by atoms with Gasteiger partial charge in [0.2, 0.25) is 0 Å². The van der Waals surface area contributed by atoms with Crippen LogP contribution in [0, 0.1) is 0 Å². The standard InChI is InChI=1S/C18H29F.Na/c19-17-13-8-6-4-2-1-3-5-7-10-14-18-15-11-9-12-16-18;/h9,11-12,15-16H,1-8,10,13-14,17H2;. The molecule has 0 amide bonds. The number of hydrogen-bond donors (Lipinski definition) is 0. The van der Waals surface area contributed by atoms with Crippen LogP contribution in [0.2, 0.25) is 0 Å². The van der Waals surface area contributed by atoms with Crippen LogP contribution in [-0.2, 0) is 6.42 Å². The molecule has 1 rings (SSSR count). The molecule has 0 saturated carbocycles. The third kappa shape index (κ3) is 11.9. The molecule has 1 aromatic rings. The fourth-order valence-electron chi connectivity index (χ4n) is 2.48. The summed E-state index contributed by atoms with van der Waals surface area (Å²) in [4.78, 5) is 0. The molecular formula is C18H29FNa. The molecule has 0 saturated heterocycles. The maximum atomic E-state index is 11.9. The molecule has 109 valence electrons. The summed E-state index contributed by atoms with van der Waals surface area (Å²) < 4.78 is 11.9. The van der Waals surface area contributed by atoms with E-state index < -0.39 is 0 Å². The van der Waals surface area contributed by atoms with Crippen LogP contribution in [0.5, 0.6) is 0 Å². The smallest absolute Gasteiger partial charge is 0.0894 e. The average Bonchev–Trinajstić information content (AvgIpc) is 2.46. The van der Waals surface area contributed by atoms with Gasteiger partial charge in [-0.05, 0) is 24.8 Å². The van der Waals surface area contributed by atoms with Crippen molar-refractivity contribution in [1.82, 2.24) is 0 Å². The fraction of sp³-hybridized carbons (Fsp3) is 0.667. The second-order valence-corrected chi connectivity index (χ2v) is 5.46. The van der Waals surface area contributed by atoms with Gasteiger partial charge < -0.3 is 0 Å². The molecule has 2 heteroatoms. The first-order chi connectivity index (χ1) is 9.43. The van der Waals surface area contributed by atoms with Crippen LogP contribution in [0.25, 0.3) is 0 Å². The minimum atomic E-state index is -0.137. The Morgan fingerprint density at radius 2 is 1.05 bits per heavy atom. The number of aryl methyl sites for hydroxylation is 1. The number of rotatable bonds is 12. The van der Waals surface area contributed by atoms with E-state index in [1.54, 1.807) is 0 Å². The second-order valence-electron chi connectivity index (χ2n) is 5.46. The Balaban J connectivity index is 0.00000361. The molecule has 0 aromatic heterocycles. The van der Waals surface area contributed by atoms with E-state index in [9.17, 15) is 4.39 Å². The van der Waals surface area contributed by atoms with Crippen molar-refractivity contribution in [2.75, 3.05) is 6.67 Å². The van der Waals surface area contributed by atoms with Gasteiger partial charge >= 0.3 is 0 Å². The zero-order valence-electron chi connectivity index (χ0n) is 13.2. The maximum Gasteiger partial charge on any atom is 0.0894 e. The second kappa shape index (κ2) is 15.5. The van der Waals surface area contributed by atoms with Crippen molar-refractivity contribution in [1.29, 1.82) is 0 Å². The van der Waals surface area contributed by atoms with Gasteiger partial charge in [0, 0.05) is 29.6 Å². The summed E-state index contributed by atoms with van der Waals surface area (Å²) in [5, 5.41) is 0. The monoisotopic (exact) mass is 287 g/mol. The number of halogens is 1. The van der Waals surface area contributed by atoms with Gasteiger partial charge in [0.15, 0.2) is 0 Å². The predicted molar refractivity (Wildman–Crippen MR) is 88.0 cm³/mol. The third-order valence-electron chi connectivity index (χ3n) is 3.69. The molecule has 0 unspecified atom stereocenters. The Bertz CT molecular complexity index is 287. The Labute approximate surface area is 146 Å². The molecule has 0 bridgehead atoms. The predicted octanol–water partition coefficient (Wildman–Crippen LogP) is 5.72. The molecule has 1 aromatic carbocycles. The van der Waals surface area contributed by atoms with E-state index in [4.69, 9.17) is 0 Å². The maximum absolute atomic E-state index is 11.9. The Morgan fingerprint density at radius 1 is 0.600 bits per heavy atom. The molecule has 0 nitrogen and oxygen atoms in total. The summed E-state index contributed by atoms with van der Waals surface area (Å²) in [5.74, 6) is 0. The van der Waals surface area contributed by atoms with Gasteiger partial charge in [0.05, 0.1) is 6.67 Å². The first-order valence-electron chi connectivity index (χ1n) is 8.03. The van der Waals surface area contributed by atoms with E-state index in [1.165, 1.54) is 63.4 Å². The first-order valence-corrected chi connectivity index (χ1v) is 8.03. The quantitative estimate of drug-likeness (QED) is 0.341. The molecule has 0 N–H and O–H groups in total. The summed E-state index contributed by atoms with van der Waals surface area (Å²) in [6.07, 6.45) is 13.7. The summed E-state index contributed by atoms with van der Waals surface area (Å²) in [6, 6.07) is 10.8. The van der Waals surface area contributed by atoms with Crippen molar-refractivity contribution in [3.63, 3.8) is 0 Å². The van der Waals surface area contributed by atoms with Crippen molar-refractivity contribution in [2.45, 2.75) is 70.6 Å². The minimum Gasteiger partial charge on any atom is -0.251 e. The molecule has 20 heavy (non-hydrogen) atoms. The van der Waals surface area contributed by atoms with Crippen LogP contribution < -0.4 is 0 Å². The van der Waals surface area contributed by atoms with Gasteiger partial charge in [-0.15, -0.1) is 0 Å². The zero-order valence-corrected chi connectivity index (χ0v) is 15.2. The zero-order chi connectivity index (χ0) is 13.6.